The Labute approximate surface area is 165 Å². The van der Waals surface area contributed by atoms with Crippen molar-refractivity contribution in [1.82, 2.24) is 24.4 Å². The fourth-order valence-electron chi connectivity index (χ4n) is 3.94. The molecule has 0 unspecified atom stereocenters. The van der Waals surface area contributed by atoms with Gasteiger partial charge in [-0.1, -0.05) is 13.8 Å². The maximum Gasteiger partial charge on any atom is 0.225 e. The van der Waals surface area contributed by atoms with Gasteiger partial charge in [0.15, 0.2) is 0 Å². The van der Waals surface area contributed by atoms with E-state index < -0.39 is 0 Å². The highest BCUT2D eigenvalue weighted by molar-refractivity contribution is 5.78. The van der Waals surface area contributed by atoms with E-state index in [4.69, 9.17) is 4.74 Å². The first-order valence-corrected chi connectivity index (χ1v) is 10.1. The summed E-state index contributed by atoms with van der Waals surface area (Å²) in [5.74, 6) is 1.85. The van der Waals surface area contributed by atoms with Gasteiger partial charge >= 0.3 is 0 Å². The Morgan fingerprint density at radius 1 is 1.14 bits per heavy atom. The molecule has 150 valence electrons. The molecular formula is C20H28N6O2. The summed E-state index contributed by atoms with van der Waals surface area (Å²) in [6.07, 6.45) is 9.55. The number of piperidine rings is 1. The van der Waals surface area contributed by atoms with E-state index in [0.717, 1.165) is 56.4 Å². The lowest BCUT2D eigenvalue weighted by Gasteiger charge is -2.35. The summed E-state index contributed by atoms with van der Waals surface area (Å²) >= 11 is 0. The molecule has 2 aromatic heterocycles. The van der Waals surface area contributed by atoms with Crippen LogP contribution in [0.3, 0.4) is 0 Å². The van der Waals surface area contributed by atoms with Crippen molar-refractivity contribution < 1.29 is 9.53 Å². The second kappa shape index (κ2) is 8.26. The van der Waals surface area contributed by atoms with Crippen LogP contribution in [-0.2, 0) is 9.53 Å². The highest BCUT2D eigenvalue weighted by atomic mass is 16.5. The standard InChI is InChI=1S/C20H28N6O2/c1-15(2)19(27)25-6-3-4-17(14-25)26-7-5-21-18(26)16-12-22-20(23-13-16)24-8-10-28-11-9-24/h5,7,12-13,15,17H,3-4,6,8-11,14H2,1-2H3/t17-/m0/s1. The van der Waals surface area contributed by atoms with Gasteiger partial charge < -0.3 is 19.1 Å². The van der Waals surface area contributed by atoms with Gasteiger partial charge in [0, 0.05) is 56.9 Å². The Morgan fingerprint density at radius 3 is 2.61 bits per heavy atom. The molecule has 0 saturated carbocycles. The molecule has 8 heteroatoms. The molecule has 0 N–H and O–H groups in total. The van der Waals surface area contributed by atoms with Crippen LogP contribution in [0.1, 0.15) is 32.7 Å². The van der Waals surface area contributed by atoms with Gasteiger partial charge in [-0.3, -0.25) is 4.79 Å². The minimum Gasteiger partial charge on any atom is -0.378 e. The Morgan fingerprint density at radius 2 is 1.89 bits per heavy atom. The number of nitrogens with zero attached hydrogens (tertiary/aromatic N) is 6. The number of likely N-dealkylation sites (tertiary alicyclic amines) is 1. The number of hydrogen-bond donors (Lipinski definition) is 0. The molecule has 0 radical (unpaired) electrons. The number of amides is 1. The van der Waals surface area contributed by atoms with E-state index >= 15 is 0 Å². The van der Waals surface area contributed by atoms with Crippen LogP contribution in [0.4, 0.5) is 5.95 Å². The first-order chi connectivity index (χ1) is 13.6. The normalized spacial score (nSPS) is 20.6. The zero-order valence-corrected chi connectivity index (χ0v) is 16.6. The van der Waals surface area contributed by atoms with Crippen LogP contribution in [0, 0.1) is 5.92 Å². The highest BCUT2D eigenvalue weighted by Gasteiger charge is 2.27. The monoisotopic (exact) mass is 384 g/mol. The van der Waals surface area contributed by atoms with Gasteiger partial charge in [-0.25, -0.2) is 15.0 Å². The smallest absolute Gasteiger partial charge is 0.225 e. The molecular weight excluding hydrogens is 356 g/mol. The summed E-state index contributed by atoms with van der Waals surface area (Å²) in [6.45, 7) is 8.54. The molecule has 28 heavy (non-hydrogen) atoms. The van der Waals surface area contributed by atoms with Crippen LogP contribution in [0.25, 0.3) is 11.4 Å². The average molecular weight is 384 g/mol. The van der Waals surface area contributed by atoms with Crippen molar-refractivity contribution >= 4 is 11.9 Å². The van der Waals surface area contributed by atoms with Crippen LogP contribution in [0.15, 0.2) is 24.8 Å². The fourth-order valence-corrected chi connectivity index (χ4v) is 3.94. The molecule has 0 spiro atoms. The molecule has 2 aliphatic rings. The number of carbonyl (C=O) groups is 1. The molecule has 1 amide bonds. The number of carbonyl (C=O) groups excluding carboxylic acids is 1. The first-order valence-electron chi connectivity index (χ1n) is 10.1. The molecule has 4 rings (SSSR count). The molecule has 0 aromatic carbocycles. The number of morpholine rings is 1. The minimum atomic E-state index is 0.0298. The molecule has 1 atom stereocenters. The lowest BCUT2D eigenvalue weighted by atomic mass is 10.0. The Kier molecular flexibility index (Phi) is 5.57. The second-order valence-electron chi connectivity index (χ2n) is 7.76. The summed E-state index contributed by atoms with van der Waals surface area (Å²) in [7, 11) is 0. The number of imidazole rings is 1. The molecule has 4 heterocycles. The number of hydrogen-bond acceptors (Lipinski definition) is 6. The van der Waals surface area contributed by atoms with Crippen molar-refractivity contribution in [2.75, 3.05) is 44.3 Å². The van der Waals surface area contributed by atoms with Gasteiger partial charge in [-0.2, -0.15) is 0 Å². The Hall–Kier alpha value is -2.48. The Balaban J connectivity index is 1.51. The lowest BCUT2D eigenvalue weighted by molar-refractivity contribution is -0.136. The van der Waals surface area contributed by atoms with Crippen molar-refractivity contribution in [2.45, 2.75) is 32.7 Å². The predicted octanol–water partition coefficient (Wildman–Crippen LogP) is 2.00. The summed E-state index contributed by atoms with van der Waals surface area (Å²) in [6, 6.07) is 0.230. The highest BCUT2D eigenvalue weighted by Crippen LogP contribution is 2.28. The second-order valence-corrected chi connectivity index (χ2v) is 7.76. The first kappa shape index (κ1) is 18.9. The predicted molar refractivity (Wildman–Crippen MR) is 106 cm³/mol. The zero-order chi connectivity index (χ0) is 19.5. The van der Waals surface area contributed by atoms with Gasteiger partial charge in [-0.05, 0) is 12.8 Å². The van der Waals surface area contributed by atoms with Crippen LogP contribution < -0.4 is 4.90 Å². The van der Waals surface area contributed by atoms with E-state index in [9.17, 15) is 4.79 Å². The van der Waals surface area contributed by atoms with Crippen molar-refractivity contribution in [3.63, 3.8) is 0 Å². The van der Waals surface area contributed by atoms with Crippen molar-refractivity contribution in [3.8, 4) is 11.4 Å². The van der Waals surface area contributed by atoms with Crippen LogP contribution in [0.2, 0.25) is 0 Å². The number of rotatable bonds is 4. The summed E-state index contributed by atoms with van der Waals surface area (Å²) < 4.78 is 7.56. The maximum absolute atomic E-state index is 12.4. The van der Waals surface area contributed by atoms with Crippen molar-refractivity contribution in [2.24, 2.45) is 5.92 Å². The molecule has 2 fully saturated rings. The zero-order valence-electron chi connectivity index (χ0n) is 16.6. The number of aromatic nitrogens is 4. The SMILES string of the molecule is CC(C)C(=O)N1CCC[C@H](n2ccnc2-c2cnc(N3CCOCC3)nc2)C1. The molecule has 2 aromatic rings. The molecule has 8 nitrogen and oxygen atoms in total. The molecule has 0 aliphatic carbocycles. The van der Waals surface area contributed by atoms with Gasteiger partial charge in [0.05, 0.1) is 24.8 Å². The van der Waals surface area contributed by atoms with Gasteiger partial charge in [0.1, 0.15) is 5.82 Å². The quantitative estimate of drug-likeness (QED) is 0.802. The van der Waals surface area contributed by atoms with Gasteiger partial charge in [-0.15, -0.1) is 0 Å². The Bertz CT molecular complexity index is 797. The minimum absolute atomic E-state index is 0.0298. The third-order valence-corrected chi connectivity index (χ3v) is 5.45. The van der Waals surface area contributed by atoms with Crippen molar-refractivity contribution in [3.05, 3.63) is 24.8 Å². The van der Waals surface area contributed by atoms with Crippen LogP contribution in [0.5, 0.6) is 0 Å². The topological polar surface area (TPSA) is 76.4 Å². The van der Waals surface area contributed by atoms with Gasteiger partial charge in [0.25, 0.3) is 0 Å². The van der Waals surface area contributed by atoms with E-state index in [1.807, 2.05) is 43.5 Å². The maximum atomic E-state index is 12.4. The third-order valence-electron chi connectivity index (χ3n) is 5.45. The van der Waals surface area contributed by atoms with E-state index in [1.165, 1.54) is 0 Å². The van der Waals surface area contributed by atoms with Crippen molar-refractivity contribution in [1.29, 1.82) is 0 Å². The fraction of sp³-hybridized carbons (Fsp3) is 0.600. The molecule has 2 aliphatic heterocycles. The average Bonchev–Trinajstić information content (AvgIpc) is 3.24. The van der Waals surface area contributed by atoms with Crippen LogP contribution in [-0.4, -0.2) is 69.7 Å². The summed E-state index contributed by atoms with van der Waals surface area (Å²) in [4.78, 5) is 30.2. The molecule has 0 bridgehead atoms. The number of ether oxygens (including phenoxy) is 1. The van der Waals surface area contributed by atoms with E-state index in [1.54, 1.807) is 0 Å². The number of anilines is 1. The van der Waals surface area contributed by atoms with E-state index in [2.05, 4.69) is 24.4 Å². The lowest BCUT2D eigenvalue weighted by Crippen LogP contribution is -2.42. The van der Waals surface area contributed by atoms with Crippen LogP contribution >= 0.6 is 0 Å². The third kappa shape index (κ3) is 3.87. The van der Waals surface area contributed by atoms with E-state index in [-0.39, 0.29) is 17.9 Å². The van der Waals surface area contributed by atoms with Gasteiger partial charge in [0.2, 0.25) is 11.9 Å². The summed E-state index contributed by atoms with van der Waals surface area (Å²) in [5.41, 5.74) is 0.898. The molecule has 2 saturated heterocycles. The largest absolute Gasteiger partial charge is 0.378 e. The van der Waals surface area contributed by atoms with E-state index in [0.29, 0.717) is 13.2 Å². The summed E-state index contributed by atoms with van der Waals surface area (Å²) in [5, 5.41) is 0.